The van der Waals surface area contributed by atoms with Crippen LogP contribution in [0.15, 0.2) is 54.7 Å². The maximum atomic E-state index is 12.6. The van der Waals surface area contributed by atoms with Gasteiger partial charge in [0.1, 0.15) is 5.56 Å². The normalized spacial score (nSPS) is 10.5. The summed E-state index contributed by atoms with van der Waals surface area (Å²) in [4.78, 5) is 31.1. The van der Waals surface area contributed by atoms with Crippen LogP contribution in [0.5, 0.6) is 0 Å². The molecule has 28 heavy (non-hydrogen) atoms. The van der Waals surface area contributed by atoms with Crippen molar-refractivity contribution in [3.05, 3.63) is 71.4 Å². The molecule has 0 saturated heterocycles. The second-order valence-corrected chi connectivity index (χ2v) is 6.28. The minimum atomic E-state index is -0.473. The number of carbonyl (C=O) groups is 2. The van der Waals surface area contributed by atoms with Gasteiger partial charge in [0.15, 0.2) is 0 Å². The number of fused-ring (bicyclic) bond motifs is 1. The number of carbonyl (C=O) groups excluding carboxylic acids is 2. The molecule has 0 unspecified atom stereocenters. The average Bonchev–Trinajstić information content (AvgIpc) is 2.72. The zero-order valence-corrected chi connectivity index (χ0v) is 16.1. The van der Waals surface area contributed by atoms with Crippen LogP contribution in [0.1, 0.15) is 33.2 Å². The van der Waals surface area contributed by atoms with Gasteiger partial charge in [0.25, 0.3) is 0 Å². The lowest BCUT2D eigenvalue weighted by Gasteiger charge is -2.24. The summed E-state index contributed by atoms with van der Waals surface area (Å²) < 4.78 is 10.1. The largest absolute Gasteiger partial charge is 0.465 e. The zero-order valence-electron chi connectivity index (χ0n) is 16.1. The third-order valence-electron chi connectivity index (χ3n) is 4.41. The van der Waals surface area contributed by atoms with Crippen molar-refractivity contribution in [3.8, 4) is 0 Å². The summed E-state index contributed by atoms with van der Waals surface area (Å²) in [5.74, 6) is -0.922. The van der Waals surface area contributed by atoms with E-state index in [4.69, 9.17) is 9.47 Å². The van der Waals surface area contributed by atoms with Crippen molar-refractivity contribution in [3.63, 3.8) is 0 Å². The molecule has 0 fully saturated rings. The van der Waals surface area contributed by atoms with Crippen LogP contribution in [0.25, 0.3) is 10.9 Å². The van der Waals surface area contributed by atoms with E-state index in [0.717, 1.165) is 5.56 Å². The number of esters is 2. The first-order chi connectivity index (χ1) is 13.6. The minimum absolute atomic E-state index is 0.265. The van der Waals surface area contributed by atoms with Gasteiger partial charge in [-0.15, -0.1) is 0 Å². The van der Waals surface area contributed by atoms with Crippen molar-refractivity contribution in [2.24, 2.45) is 0 Å². The van der Waals surface area contributed by atoms with Gasteiger partial charge in [-0.1, -0.05) is 42.5 Å². The monoisotopic (exact) mass is 378 g/mol. The quantitative estimate of drug-likeness (QED) is 0.607. The van der Waals surface area contributed by atoms with Gasteiger partial charge >= 0.3 is 11.9 Å². The molecule has 1 aromatic heterocycles. The van der Waals surface area contributed by atoms with Gasteiger partial charge < -0.3 is 14.4 Å². The molecule has 0 spiro atoms. The lowest BCUT2D eigenvalue weighted by Crippen LogP contribution is -2.21. The molecule has 144 valence electrons. The Bertz CT molecular complexity index is 1000. The Kier molecular flexibility index (Phi) is 5.89. The van der Waals surface area contributed by atoms with Gasteiger partial charge in [0.05, 0.1) is 30.5 Å². The predicted molar refractivity (Wildman–Crippen MR) is 108 cm³/mol. The molecule has 0 bridgehead atoms. The summed E-state index contributed by atoms with van der Waals surface area (Å²) in [5, 5.41) is 0.687. The number of methoxy groups -OCH3 is 1. The van der Waals surface area contributed by atoms with Crippen LogP contribution in [0.2, 0.25) is 0 Å². The SMILES string of the molecule is CCOC(=O)c1cnc2c(C(=O)OC)cccc2c1N(C)Cc1ccccc1. The molecule has 0 aliphatic rings. The molecule has 0 saturated carbocycles. The fourth-order valence-electron chi connectivity index (χ4n) is 3.19. The fraction of sp³-hybridized carbons (Fsp3) is 0.227. The van der Waals surface area contributed by atoms with Crippen LogP contribution >= 0.6 is 0 Å². The van der Waals surface area contributed by atoms with Crippen LogP contribution in [-0.4, -0.2) is 37.7 Å². The summed E-state index contributed by atoms with van der Waals surface area (Å²) in [6.45, 7) is 2.60. The number of rotatable bonds is 6. The van der Waals surface area contributed by atoms with Crippen molar-refractivity contribution in [1.29, 1.82) is 0 Å². The van der Waals surface area contributed by atoms with Crippen molar-refractivity contribution < 1.29 is 19.1 Å². The molecular weight excluding hydrogens is 356 g/mol. The lowest BCUT2D eigenvalue weighted by atomic mass is 10.0. The molecule has 0 atom stereocenters. The van der Waals surface area contributed by atoms with Crippen molar-refractivity contribution in [2.45, 2.75) is 13.5 Å². The van der Waals surface area contributed by atoms with E-state index in [1.54, 1.807) is 19.1 Å². The van der Waals surface area contributed by atoms with Gasteiger partial charge in [-0.3, -0.25) is 4.98 Å². The number of hydrogen-bond donors (Lipinski definition) is 0. The smallest absolute Gasteiger partial charge is 0.341 e. The molecule has 6 heteroatoms. The molecule has 0 amide bonds. The second-order valence-electron chi connectivity index (χ2n) is 6.28. The summed E-state index contributed by atoms with van der Waals surface area (Å²) in [6, 6.07) is 15.2. The van der Waals surface area contributed by atoms with Crippen molar-refractivity contribution >= 4 is 28.5 Å². The Morgan fingerprint density at radius 1 is 1.00 bits per heavy atom. The van der Waals surface area contributed by atoms with E-state index in [0.29, 0.717) is 34.3 Å². The van der Waals surface area contributed by atoms with E-state index < -0.39 is 11.9 Å². The first-order valence-electron chi connectivity index (χ1n) is 8.99. The van der Waals surface area contributed by atoms with Crippen molar-refractivity contribution in [1.82, 2.24) is 4.98 Å². The predicted octanol–water partition coefficient (Wildman–Crippen LogP) is 3.83. The second kappa shape index (κ2) is 8.52. The Morgan fingerprint density at radius 2 is 1.75 bits per heavy atom. The molecule has 0 radical (unpaired) electrons. The molecule has 6 nitrogen and oxygen atoms in total. The topological polar surface area (TPSA) is 68.7 Å². The van der Waals surface area contributed by atoms with Gasteiger partial charge in [0.2, 0.25) is 0 Å². The maximum Gasteiger partial charge on any atom is 0.341 e. The summed E-state index contributed by atoms with van der Waals surface area (Å²) in [7, 11) is 3.23. The maximum absolute atomic E-state index is 12.6. The van der Waals surface area contributed by atoms with E-state index in [1.807, 2.05) is 48.3 Å². The van der Waals surface area contributed by atoms with Crippen LogP contribution < -0.4 is 4.90 Å². The Labute approximate surface area is 163 Å². The van der Waals surface area contributed by atoms with E-state index in [9.17, 15) is 9.59 Å². The number of aromatic nitrogens is 1. The Hall–Kier alpha value is -3.41. The van der Waals surface area contributed by atoms with Gasteiger partial charge in [-0.2, -0.15) is 0 Å². The summed E-state index contributed by atoms with van der Waals surface area (Å²) >= 11 is 0. The van der Waals surface area contributed by atoms with Gasteiger partial charge in [0, 0.05) is 25.2 Å². The summed E-state index contributed by atoms with van der Waals surface area (Å²) in [6.07, 6.45) is 1.46. The summed E-state index contributed by atoms with van der Waals surface area (Å²) in [5.41, 5.74) is 2.95. The van der Waals surface area contributed by atoms with Crippen LogP contribution in [0.4, 0.5) is 5.69 Å². The van der Waals surface area contributed by atoms with E-state index in [-0.39, 0.29) is 6.61 Å². The van der Waals surface area contributed by atoms with E-state index in [1.165, 1.54) is 13.3 Å². The highest BCUT2D eigenvalue weighted by Crippen LogP contribution is 2.32. The number of hydrogen-bond acceptors (Lipinski definition) is 6. The number of nitrogens with zero attached hydrogens (tertiary/aromatic N) is 2. The number of para-hydroxylation sites is 1. The van der Waals surface area contributed by atoms with E-state index >= 15 is 0 Å². The molecule has 0 aliphatic carbocycles. The third-order valence-corrected chi connectivity index (χ3v) is 4.41. The number of ether oxygens (including phenoxy) is 2. The third kappa shape index (κ3) is 3.81. The average molecular weight is 378 g/mol. The molecule has 2 aromatic carbocycles. The lowest BCUT2D eigenvalue weighted by molar-refractivity contribution is 0.0526. The number of pyridine rings is 1. The van der Waals surface area contributed by atoms with E-state index in [2.05, 4.69) is 4.98 Å². The fourth-order valence-corrected chi connectivity index (χ4v) is 3.19. The number of anilines is 1. The first kappa shape index (κ1) is 19.4. The van der Waals surface area contributed by atoms with Crippen molar-refractivity contribution in [2.75, 3.05) is 25.7 Å². The Morgan fingerprint density at radius 3 is 2.43 bits per heavy atom. The zero-order chi connectivity index (χ0) is 20.1. The molecule has 0 aliphatic heterocycles. The molecule has 3 aromatic rings. The molecular formula is C22H22N2O4. The Balaban J connectivity index is 2.18. The van der Waals surface area contributed by atoms with Crippen LogP contribution in [0.3, 0.4) is 0 Å². The highest BCUT2D eigenvalue weighted by Gasteiger charge is 2.22. The minimum Gasteiger partial charge on any atom is -0.465 e. The van der Waals surface area contributed by atoms with Gasteiger partial charge in [-0.25, -0.2) is 9.59 Å². The van der Waals surface area contributed by atoms with Gasteiger partial charge in [-0.05, 0) is 18.6 Å². The first-order valence-corrected chi connectivity index (χ1v) is 8.99. The number of benzene rings is 2. The highest BCUT2D eigenvalue weighted by atomic mass is 16.5. The van der Waals surface area contributed by atoms with Crippen LogP contribution in [0, 0.1) is 0 Å². The molecule has 3 rings (SSSR count). The standard InChI is InChI=1S/C22H22N2O4/c1-4-28-22(26)18-13-23-19-16(11-8-12-17(19)21(25)27-3)20(18)24(2)14-15-9-6-5-7-10-15/h5-13H,4,14H2,1-3H3. The molecule has 0 N–H and O–H groups in total. The highest BCUT2D eigenvalue weighted by molar-refractivity contribution is 6.10. The molecule has 1 heterocycles. The van der Waals surface area contributed by atoms with Crippen LogP contribution in [-0.2, 0) is 16.0 Å².